The van der Waals surface area contributed by atoms with Crippen LogP contribution in [0.15, 0.2) is 58.8 Å². The Labute approximate surface area is 155 Å². The van der Waals surface area contributed by atoms with Crippen LogP contribution >= 0.6 is 11.8 Å². The second-order valence-electron chi connectivity index (χ2n) is 5.77. The molecule has 0 amide bonds. The summed E-state index contributed by atoms with van der Waals surface area (Å²) < 4.78 is 14.3. The van der Waals surface area contributed by atoms with E-state index in [1.807, 2.05) is 6.92 Å². The summed E-state index contributed by atoms with van der Waals surface area (Å²) in [4.78, 5) is 0. The number of rotatable bonds is 6. The number of aromatic nitrogens is 3. The van der Waals surface area contributed by atoms with E-state index in [1.54, 1.807) is 12.1 Å². The van der Waals surface area contributed by atoms with Crippen molar-refractivity contribution in [2.45, 2.75) is 24.8 Å². The third-order valence-corrected chi connectivity index (χ3v) is 4.75. The van der Waals surface area contributed by atoms with Crippen LogP contribution in [-0.2, 0) is 5.75 Å². The number of aryl methyl sites for hydroxylation is 1. The molecule has 6 nitrogen and oxygen atoms in total. The summed E-state index contributed by atoms with van der Waals surface area (Å²) in [6.07, 6.45) is 0. The average Bonchev–Trinajstić information content (AvgIpc) is 3.00. The fourth-order valence-electron chi connectivity index (χ4n) is 2.17. The summed E-state index contributed by atoms with van der Waals surface area (Å²) in [6.45, 7) is 3.87. The molecule has 0 fully saturated rings. The molecule has 0 bridgehead atoms. The van der Waals surface area contributed by atoms with Gasteiger partial charge < -0.3 is 5.84 Å². The summed E-state index contributed by atoms with van der Waals surface area (Å²) in [7, 11) is 0. The Morgan fingerprint density at radius 2 is 1.85 bits per heavy atom. The van der Waals surface area contributed by atoms with E-state index in [-0.39, 0.29) is 5.82 Å². The maximum atomic E-state index is 13.0. The standard InChI is InChI=1S/C18H19FN6S/c1-12-3-5-14(6-4-12)11-26-18-24-23-17(25(18)20)22-21-13(2)15-7-9-16(19)10-8-15/h3-10H,11,20H2,1-2H3,(H,22,23)/b21-13+. The Hall–Kier alpha value is -2.87. The van der Waals surface area contributed by atoms with Crippen molar-refractivity contribution < 1.29 is 4.39 Å². The van der Waals surface area contributed by atoms with Gasteiger partial charge in [-0.3, -0.25) is 0 Å². The molecule has 1 aromatic heterocycles. The van der Waals surface area contributed by atoms with E-state index in [4.69, 9.17) is 5.84 Å². The molecule has 26 heavy (non-hydrogen) atoms. The zero-order chi connectivity index (χ0) is 18.5. The number of nitrogens with one attached hydrogen (secondary N) is 1. The zero-order valence-corrected chi connectivity index (χ0v) is 15.3. The first kappa shape index (κ1) is 17.9. The van der Waals surface area contributed by atoms with Crippen LogP contribution in [0.2, 0.25) is 0 Å². The fourth-order valence-corrected chi connectivity index (χ4v) is 2.99. The smallest absolute Gasteiger partial charge is 0.264 e. The maximum absolute atomic E-state index is 13.0. The van der Waals surface area contributed by atoms with Crippen molar-refractivity contribution in [3.63, 3.8) is 0 Å². The predicted octanol–water partition coefficient (Wildman–Crippen LogP) is 3.57. The number of nitrogens with zero attached hydrogens (tertiary/aromatic N) is 4. The highest BCUT2D eigenvalue weighted by Gasteiger charge is 2.10. The summed E-state index contributed by atoms with van der Waals surface area (Å²) in [5.41, 5.74) is 6.69. The Bertz CT molecular complexity index is 902. The highest BCUT2D eigenvalue weighted by molar-refractivity contribution is 7.98. The Morgan fingerprint density at radius 1 is 1.15 bits per heavy atom. The first-order chi connectivity index (χ1) is 12.5. The van der Waals surface area contributed by atoms with Crippen LogP contribution in [-0.4, -0.2) is 20.6 Å². The first-order valence-electron chi connectivity index (χ1n) is 7.98. The molecule has 3 N–H and O–H groups in total. The second-order valence-corrected chi connectivity index (χ2v) is 6.71. The van der Waals surface area contributed by atoms with Crippen LogP contribution in [0, 0.1) is 12.7 Å². The third-order valence-electron chi connectivity index (χ3n) is 3.74. The molecule has 1 heterocycles. The van der Waals surface area contributed by atoms with E-state index in [0.717, 1.165) is 11.3 Å². The molecule has 134 valence electrons. The van der Waals surface area contributed by atoms with Gasteiger partial charge in [0.1, 0.15) is 5.82 Å². The number of hydrogen-bond acceptors (Lipinski definition) is 6. The number of thioether (sulfide) groups is 1. The molecule has 0 atom stereocenters. The minimum atomic E-state index is -0.286. The van der Waals surface area contributed by atoms with Crippen LogP contribution in [0.3, 0.4) is 0 Å². The summed E-state index contributed by atoms with van der Waals surface area (Å²) in [6, 6.07) is 14.4. The normalized spacial score (nSPS) is 11.6. The van der Waals surface area contributed by atoms with Gasteiger partial charge in [-0.1, -0.05) is 53.7 Å². The number of anilines is 1. The summed E-state index contributed by atoms with van der Waals surface area (Å²) in [5, 5.41) is 12.9. The van der Waals surface area contributed by atoms with Gasteiger partial charge >= 0.3 is 0 Å². The lowest BCUT2D eigenvalue weighted by molar-refractivity contribution is 0.628. The number of nitrogen functional groups attached to an aromatic ring is 1. The van der Waals surface area contributed by atoms with Crippen molar-refractivity contribution in [2.24, 2.45) is 5.10 Å². The van der Waals surface area contributed by atoms with Gasteiger partial charge in [-0.05, 0) is 37.1 Å². The first-order valence-corrected chi connectivity index (χ1v) is 8.96. The molecular weight excluding hydrogens is 351 g/mol. The quantitative estimate of drug-likeness (QED) is 0.300. The number of nitrogens with two attached hydrogens (primary N) is 1. The van der Waals surface area contributed by atoms with Crippen molar-refractivity contribution in [3.8, 4) is 0 Å². The van der Waals surface area contributed by atoms with Gasteiger partial charge in [0.05, 0.1) is 5.71 Å². The van der Waals surface area contributed by atoms with E-state index < -0.39 is 0 Å². The Balaban J connectivity index is 1.63. The van der Waals surface area contributed by atoms with Gasteiger partial charge in [-0.15, -0.1) is 10.2 Å². The van der Waals surface area contributed by atoms with Gasteiger partial charge in [0.2, 0.25) is 5.16 Å². The third kappa shape index (κ3) is 4.40. The molecule has 8 heteroatoms. The largest absolute Gasteiger partial charge is 0.334 e. The van der Waals surface area contributed by atoms with Gasteiger partial charge in [-0.2, -0.15) is 5.10 Å². The summed E-state index contributed by atoms with van der Waals surface area (Å²) >= 11 is 1.49. The number of hydrogen-bond donors (Lipinski definition) is 2. The molecule has 3 rings (SSSR count). The van der Waals surface area contributed by atoms with Crippen molar-refractivity contribution in [3.05, 3.63) is 71.0 Å². The number of hydrazone groups is 1. The lowest BCUT2D eigenvalue weighted by Gasteiger charge is -2.05. The molecule has 3 aromatic rings. The Kier molecular flexibility index (Phi) is 5.52. The zero-order valence-electron chi connectivity index (χ0n) is 14.5. The van der Waals surface area contributed by atoms with Crippen molar-refractivity contribution in [2.75, 3.05) is 11.3 Å². The number of halogens is 1. The lowest BCUT2D eigenvalue weighted by Crippen LogP contribution is -2.13. The monoisotopic (exact) mass is 370 g/mol. The molecule has 0 spiro atoms. The highest BCUT2D eigenvalue weighted by Crippen LogP contribution is 2.21. The van der Waals surface area contributed by atoms with Crippen molar-refractivity contribution >= 4 is 23.4 Å². The fraction of sp³-hybridized carbons (Fsp3) is 0.167. The van der Waals surface area contributed by atoms with Crippen LogP contribution in [0.5, 0.6) is 0 Å². The van der Waals surface area contributed by atoms with Crippen LogP contribution < -0.4 is 11.3 Å². The molecule has 0 aliphatic rings. The molecule has 0 aliphatic carbocycles. The molecule has 0 radical (unpaired) electrons. The minimum absolute atomic E-state index is 0.286. The van der Waals surface area contributed by atoms with E-state index in [2.05, 4.69) is 51.9 Å². The molecular formula is C18H19FN6S. The molecule has 0 saturated carbocycles. The number of benzene rings is 2. The van der Waals surface area contributed by atoms with Crippen LogP contribution in [0.1, 0.15) is 23.6 Å². The van der Waals surface area contributed by atoms with E-state index in [1.165, 1.54) is 39.7 Å². The topological polar surface area (TPSA) is 81.1 Å². The highest BCUT2D eigenvalue weighted by atomic mass is 32.2. The van der Waals surface area contributed by atoms with Crippen LogP contribution in [0.25, 0.3) is 0 Å². The van der Waals surface area contributed by atoms with Crippen LogP contribution in [0.4, 0.5) is 10.3 Å². The molecule has 0 unspecified atom stereocenters. The lowest BCUT2D eigenvalue weighted by atomic mass is 10.1. The SMILES string of the molecule is C/C(=N\Nc1nnc(SCc2ccc(C)cc2)n1N)c1ccc(F)cc1. The van der Waals surface area contributed by atoms with E-state index >= 15 is 0 Å². The minimum Gasteiger partial charge on any atom is -0.334 e. The van der Waals surface area contributed by atoms with Gasteiger partial charge in [-0.25, -0.2) is 14.5 Å². The molecule has 2 aromatic carbocycles. The average molecular weight is 370 g/mol. The maximum Gasteiger partial charge on any atom is 0.264 e. The Morgan fingerprint density at radius 3 is 2.54 bits per heavy atom. The van der Waals surface area contributed by atoms with Gasteiger partial charge in [0.25, 0.3) is 5.95 Å². The summed E-state index contributed by atoms with van der Waals surface area (Å²) in [5.74, 6) is 6.82. The van der Waals surface area contributed by atoms with E-state index in [0.29, 0.717) is 16.8 Å². The van der Waals surface area contributed by atoms with Gasteiger partial charge in [0.15, 0.2) is 0 Å². The van der Waals surface area contributed by atoms with E-state index in [9.17, 15) is 4.39 Å². The van der Waals surface area contributed by atoms with Gasteiger partial charge in [0, 0.05) is 5.75 Å². The second kappa shape index (κ2) is 8.01. The van der Waals surface area contributed by atoms with Crippen molar-refractivity contribution in [1.82, 2.24) is 14.9 Å². The molecule has 0 aliphatic heterocycles. The predicted molar refractivity (Wildman–Crippen MR) is 103 cm³/mol. The molecule has 0 saturated heterocycles. The van der Waals surface area contributed by atoms with Crippen molar-refractivity contribution in [1.29, 1.82) is 0 Å².